The van der Waals surface area contributed by atoms with E-state index in [1.165, 1.54) is 48.9 Å². The van der Waals surface area contributed by atoms with Gasteiger partial charge in [0.05, 0.1) is 41.9 Å². The van der Waals surface area contributed by atoms with Crippen molar-refractivity contribution in [1.82, 2.24) is 46.2 Å². The van der Waals surface area contributed by atoms with Gasteiger partial charge in [0.25, 0.3) is 0 Å². The second kappa shape index (κ2) is 40.9. The van der Waals surface area contributed by atoms with Gasteiger partial charge in [-0.1, -0.05) is 93.4 Å². The lowest BCUT2D eigenvalue weighted by Crippen LogP contribution is -2.60. The highest BCUT2D eigenvalue weighted by molar-refractivity contribution is 8.00. The molecule has 574 valence electrons. The normalized spacial score (nSPS) is 18.2. The van der Waals surface area contributed by atoms with E-state index in [2.05, 4.69) is 31.9 Å². The van der Waals surface area contributed by atoms with Gasteiger partial charge in [0.1, 0.15) is 42.4 Å². The maximum atomic E-state index is 14.8. The maximum Gasteiger partial charge on any atom is 0.410 e. The van der Waals surface area contributed by atoms with Gasteiger partial charge in [0, 0.05) is 90.8 Å². The average molecular weight is 1470 g/mol. The molecule has 2 aromatic carbocycles. The number of nitrogens with one attached hydrogen (secondary N) is 6. The summed E-state index contributed by atoms with van der Waals surface area (Å²) in [6, 6.07) is 3.62. The Labute approximate surface area is 608 Å². The second-order valence-corrected chi connectivity index (χ2v) is 29.9. The number of carbonyl (C=O) groups is 12. The summed E-state index contributed by atoms with van der Waals surface area (Å²) in [5.41, 5.74) is 11.2. The van der Waals surface area contributed by atoms with Crippen LogP contribution in [0.4, 0.5) is 24.1 Å². The molecule has 30 heteroatoms. The fraction of sp³-hybridized carbons (Fsp3) is 0.671. The molecule has 103 heavy (non-hydrogen) atoms. The zero-order valence-electron chi connectivity index (χ0n) is 62.2. The molecule has 2 heterocycles. The van der Waals surface area contributed by atoms with Crippen molar-refractivity contribution in [3.8, 4) is 0 Å². The van der Waals surface area contributed by atoms with Crippen LogP contribution in [0.5, 0.6) is 0 Å². The lowest BCUT2D eigenvalue weighted by atomic mass is 9.89. The van der Waals surface area contributed by atoms with Crippen molar-refractivity contribution in [2.75, 3.05) is 65.6 Å². The number of imide groups is 1. The molecule has 2 aliphatic heterocycles. The number of unbranched alkanes of at least 4 members (excludes halogenated alkanes) is 2. The molecule has 1 aliphatic carbocycles. The Morgan fingerprint density at radius 3 is 1.99 bits per heavy atom. The van der Waals surface area contributed by atoms with Crippen LogP contribution in [0.1, 0.15) is 163 Å². The third-order valence-corrected chi connectivity index (χ3v) is 21.4. The van der Waals surface area contributed by atoms with Crippen LogP contribution in [-0.4, -0.2) is 205 Å². The van der Waals surface area contributed by atoms with Gasteiger partial charge in [-0.3, -0.25) is 57.7 Å². The molecule has 1 saturated carbocycles. The van der Waals surface area contributed by atoms with Gasteiger partial charge in [-0.2, -0.15) is 0 Å². The predicted molar refractivity (Wildman–Crippen MR) is 385 cm³/mol. The molecule has 0 bridgehead atoms. The number of rotatable bonds is 43. The molecule has 0 radical (unpaired) electrons. The summed E-state index contributed by atoms with van der Waals surface area (Å²) in [7, 11) is 5.96. The van der Waals surface area contributed by atoms with Crippen LogP contribution in [0.2, 0.25) is 0 Å². The molecular formula is C73H112F2N12O15S. The van der Waals surface area contributed by atoms with Crippen LogP contribution >= 0.6 is 11.8 Å². The highest BCUT2D eigenvalue weighted by Gasteiger charge is 2.48. The number of hydrogen-bond acceptors (Lipinski definition) is 16. The molecule has 10 N–H and O–H groups in total. The summed E-state index contributed by atoms with van der Waals surface area (Å²) in [6.45, 7) is 16.5. The molecule has 5 rings (SSSR count). The highest BCUT2D eigenvalue weighted by atomic mass is 32.2. The molecule has 1 unspecified atom stereocenters. The van der Waals surface area contributed by atoms with E-state index in [0.717, 1.165) is 29.9 Å². The number of nitrogens with two attached hydrogens (primary N) is 2. The number of amides is 13. The topological polar surface area (TPSA) is 370 Å². The molecule has 2 saturated heterocycles. The lowest BCUT2D eigenvalue weighted by molar-refractivity contribution is -0.148. The molecule has 13 amide bonds. The van der Waals surface area contributed by atoms with E-state index in [1.807, 2.05) is 13.8 Å². The minimum atomic E-state index is -1.14. The van der Waals surface area contributed by atoms with E-state index in [4.69, 9.17) is 25.7 Å². The number of urea groups is 1. The smallest absolute Gasteiger partial charge is 0.410 e. The minimum Gasteiger partial charge on any atom is -0.445 e. The number of halogens is 2. The fourth-order valence-electron chi connectivity index (χ4n) is 13.5. The van der Waals surface area contributed by atoms with Crippen molar-refractivity contribution in [3.05, 3.63) is 65.2 Å². The highest BCUT2D eigenvalue weighted by Crippen LogP contribution is 2.52. The molecule has 0 spiro atoms. The summed E-state index contributed by atoms with van der Waals surface area (Å²) in [5.74, 6) is -7.37. The van der Waals surface area contributed by atoms with Crippen LogP contribution in [0.25, 0.3) is 0 Å². The predicted octanol–water partition coefficient (Wildman–Crippen LogP) is 6.07. The van der Waals surface area contributed by atoms with E-state index in [-0.39, 0.29) is 112 Å². The van der Waals surface area contributed by atoms with Gasteiger partial charge in [-0.25, -0.2) is 18.4 Å². The Morgan fingerprint density at radius 1 is 0.748 bits per heavy atom. The molecule has 2 aromatic rings. The minimum absolute atomic E-state index is 0.0224. The Kier molecular flexibility index (Phi) is 34.0. The molecule has 27 nitrogen and oxygen atoms in total. The monoisotopic (exact) mass is 1470 g/mol. The largest absolute Gasteiger partial charge is 0.445 e. The van der Waals surface area contributed by atoms with Gasteiger partial charge in [0.15, 0.2) is 0 Å². The first-order valence-corrected chi connectivity index (χ1v) is 37.0. The molecule has 3 fully saturated rings. The quantitative estimate of drug-likeness (QED) is 0.0276. The summed E-state index contributed by atoms with van der Waals surface area (Å²) in [4.78, 5) is 166. The summed E-state index contributed by atoms with van der Waals surface area (Å²) in [6.07, 6.45) is 3.04. The lowest BCUT2D eigenvalue weighted by Gasteiger charge is -2.41. The van der Waals surface area contributed by atoms with Crippen molar-refractivity contribution in [2.45, 2.75) is 219 Å². The number of benzene rings is 2. The van der Waals surface area contributed by atoms with E-state index in [9.17, 15) is 66.3 Å². The van der Waals surface area contributed by atoms with Crippen LogP contribution in [-0.2, 0) is 75.2 Å². The number of likely N-dealkylation sites (tertiary alicyclic amines) is 2. The van der Waals surface area contributed by atoms with Gasteiger partial charge < -0.3 is 67.4 Å². The van der Waals surface area contributed by atoms with E-state index >= 15 is 0 Å². The van der Waals surface area contributed by atoms with E-state index in [0.29, 0.717) is 62.1 Å². The number of anilines is 1. The van der Waals surface area contributed by atoms with Crippen LogP contribution in [0.3, 0.4) is 0 Å². The van der Waals surface area contributed by atoms with Crippen molar-refractivity contribution in [3.63, 3.8) is 0 Å². The zero-order valence-corrected chi connectivity index (χ0v) is 63.0. The Balaban J connectivity index is 1.14. The standard InChI is InChI=1S/C73H112F2N12O15S/c1-14-45(8)63(54(100-12)37-58(90)86-36-20-24-53(86)64(101-13)46(9)65(92)78-34-30-49-50(74)21-18-22-51(49)75)84(10)70(97)61(43(4)5)83-68(95)62(44(6)7)85(11)72(99)102-40-47-26-28-48(29-27-47)80-66(93)52(23-19-33-79-71(77)98)81-67(94)60(42(2)3)82-57(89)25-16-15-17-35-87-59(91)38-55(69(87)96)103-41-73(31-32-73)39-56(76)88/h18,21-22,26-29,42-46,52-55,60-64H,14-17,19-20,23-25,30-41H2,1-13H3,(H2,76,88)(H,78,92)(H,80,93)(H,81,94)(H,82,89)(H,83,95)(H3,77,79,98)/t45-,46+,52-,53-,54+,55?,60-,61-,62-,63-,64+/m0/s1. The average Bonchev–Trinajstić information content (AvgIpc) is 1.67. The van der Waals surface area contributed by atoms with Crippen LogP contribution in [0.15, 0.2) is 42.5 Å². The summed E-state index contributed by atoms with van der Waals surface area (Å²) in [5, 5.41) is 16.0. The third-order valence-electron chi connectivity index (χ3n) is 19.9. The first-order valence-electron chi connectivity index (χ1n) is 36.0. The number of carbonyl (C=O) groups excluding carboxylic acids is 12. The Bertz CT molecular complexity index is 3230. The van der Waals surface area contributed by atoms with E-state index in [1.54, 1.807) is 84.7 Å². The molecule has 11 atom stereocenters. The first kappa shape index (κ1) is 85.7. The van der Waals surface area contributed by atoms with Crippen molar-refractivity contribution in [1.29, 1.82) is 0 Å². The van der Waals surface area contributed by atoms with Crippen molar-refractivity contribution >= 4 is 88.6 Å². The van der Waals surface area contributed by atoms with Crippen molar-refractivity contribution in [2.24, 2.45) is 46.5 Å². The summed E-state index contributed by atoms with van der Waals surface area (Å²) < 4.78 is 46.3. The maximum absolute atomic E-state index is 14.8. The molecular weight excluding hydrogens is 1350 g/mol. The van der Waals surface area contributed by atoms with E-state index < -0.39 is 137 Å². The number of hydrogen-bond donors (Lipinski definition) is 8. The van der Waals surface area contributed by atoms with Gasteiger partial charge >= 0.3 is 12.1 Å². The third kappa shape index (κ3) is 25.1. The van der Waals surface area contributed by atoms with Gasteiger partial charge in [-0.05, 0) is 117 Å². The number of ether oxygens (including phenoxy) is 3. The Hall–Kier alpha value is -7.99. The number of methoxy groups -OCH3 is 2. The number of primary amides is 2. The fourth-order valence-corrected chi connectivity index (χ4v) is 15.0. The van der Waals surface area contributed by atoms with Crippen LogP contribution in [0, 0.1) is 46.6 Å². The Morgan fingerprint density at radius 2 is 1.41 bits per heavy atom. The zero-order chi connectivity index (χ0) is 76.6. The second-order valence-electron chi connectivity index (χ2n) is 28.7. The SMILES string of the molecule is CC[C@H](C)[C@@H]([C@@H](CC(=O)N1CCC[C@H]1[C@H](OC)[C@@H](C)C(=O)NCCc1c(F)cccc1F)OC)N(C)C(=O)[C@@H](NC(=O)[C@H](C(C)C)N(C)C(=O)OCc1ccc(NC(=O)[C@H](CCCNC(N)=O)NC(=O)[C@@H](NC(=O)CCCCCN2C(=O)CC(SCC3(CC(N)=O)CC3)C2=O)C(C)C)cc1)C(C)C. The number of thioether (sulfide) groups is 1. The van der Waals surface area contributed by atoms with Crippen LogP contribution < -0.4 is 43.4 Å². The van der Waals surface area contributed by atoms with Gasteiger partial charge in [0.2, 0.25) is 59.1 Å². The molecule has 0 aromatic heterocycles. The number of likely N-dealkylation sites (N-methyl/N-ethyl adjacent to an activating group) is 2. The molecule has 3 aliphatic rings. The van der Waals surface area contributed by atoms with Crippen molar-refractivity contribution < 1.29 is 80.5 Å². The summed E-state index contributed by atoms with van der Waals surface area (Å²) >= 11 is 1.40. The number of nitrogens with zero attached hydrogens (tertiary/aromatic N) is 4. The first-order chi connectivity index (χ1) is 48.7. The van der Waals surface area contributed by atoms with Gasteiger partial charge in [-0.15, -0.1) is 11.8 Å².